The highest BCUT2D eigenvalue weighted by molar-refractivity contribution is 6.08. The molecule has 34 heavy (non-hydrogen) atoms. The van der Waals surface area contributed by atoms with Crippen molar-refractivity contribution in [2.45, 2.75) is 19.3 Å². The fourth-order valence-corrected chi connectivity index (χ4v) is 4.67. The predicted molar refractivity (Wildman–Crippen MR) is 136 cm³/mol. The normalized spacial score (nSPS) is 15.7. The Balaban J connectivity index is 1.33. The van der Waals surface area contributed by atoms with Gasteiger partial charge < -0.3 is 19.9 Å². The summed E-state index contributed by atoms with van der Waals surface area (Å²) in [5.41, 5.74) is 1.82. The van der Waals surface area contributed by atoms with Crippen molar-refractivity contribution in [3.63, 3.8) is 0 Å². The Hall–Kier alpha value is -3.54. The van der Waals surface area contributed by atoms with Crippen LogP contribution in [0.5, 0.6) is 5.75 Å². The number of hydrogen-bond acceptors (Lipinski definition) is 4. The van der Waals surface area contributed by atoms with E-state index in [1.54, 1.807) is 7.11 Å². The van der Waals surface area contributed by atoms with Gasteiger partial charge in [-0.15, -0.1) is 0 Å². The molecule has 1 aliphatic heterocycles. The topological polar surface area (TPSA) is 61.9 Å². The number of methoxy groups -OCH3 is 1. The smallest absolute Gasteiger partial charge is 0.254 e. The van der Waals surface area contributed by atoms with Crippen LogP contribution in [0.2, 0.25) is 0 Å². The number of piperidine rings is 1. The number of para-hydroxylation sites is 1. The van der Waals surface area contributed by atoms with Gasteiger partial charge in [-0.05, 0) is 48.9 Å². The third kappa shape index (κ3) is 5.33. The number of ether oxygens (including phenoxy) is 1. The molecule has 6 heteroatoms. The van der Waals surface area contributed by atoms with Gasteiger partial charge in [0.2, 0.25) is 5.91 Å². The molecule has 1 unspecified atom stereocenters. The van der Waals surface area contributed by atoms with Crippen molar-refractivity contribution >= 4 is 28.3 Å². The number of hydrogen-bond donors (Lipinski definition) is 1. The van der Waals surface area contributed by atoms with Gasteiger partial charge >= 0.3 is 0 Å². The molecule has 0 saturated carbocycles. The zero-order chi connectivity index (χ0) is 23.9. The molecule has 2 amide bonds. The molecule has 0 spiro atoms. The van der Waals surface area contributed by atoms with Gasteiger partial charge in [0.05, 0.1) is 13.0 Å². The summed E-state index contributed by atoms with van der Waals surface area (Å²) in [5.74, 6) is 0.593. The third-order valence-corrected chi connectivity index (χ3v) is 6.58. The largest absolute Gasteiger partial charge is 0.496 e. The Kier molecular flexibility index (Phi) is 7.68. The van der Waals surface area contributed by atoms with Crippen LogP contribution in [0.3, 0.4) is 0 Å². The lowest BCUT2D eigenvalue weighted by Crippen LogP contribution is -2.45. The van der Waals surface area contributed by atoms with Crippen LogP contribution in [-0.4, -0.2) is 57.1 Å². The second-order valence-corrected chi connectivity index (χ2v) is 8.85. The quantitative estimate of drug-likeness (QED) is 0.509. The van der Waals surface area contributed by atoms with Crippen LogP contribution in [0, 0.1) is 5.92 Å². The van der Waals surface area contributed by atoms with E-state index in [9.17, 15) is 9.59 Å². The highest BCUT2D eigenvalue weighted by atomic mass is 16.5. The van der Waals surface area contributed by atoms with Crippen LogP contribution in [0.4, 0.5) is 5.69 Å². The minimum absolute atomic E-state index is 0.0270. The van der Waals surface area contributed by atoms with Crippen LogP contribution in [-0.2, 0) is 4.79 Å². The van der Waals surface area contributed by atoms with E-state index >= 15 is 0 Å². The number of benzene rings is 3. The minimum atomic E-state index is -0.172. The van der Waals surface area contributed by atoms with Gasteiger partial charge in [-0.1, -0.05) is 42.5 Å². The van der Waals surface area contributed by atoms with E-state index in [-0.39, 0.29) is 17.7 Å². The van der Waals surface area contributed by atoms with E-state index in [0.29, 0.717) is 25.2 Å². The molecule has 4 rings (SSSR count). The van der Waals surface area contributed by atoms with E-state index in [2.05, 4.69) is 29.4 Å². The highest BCUT2D eigenvalue weighted by Crippen LogP contribution is 2.30. The van der Waals surface area contributed by atoms with Gasteiger partial charge in [-0.25, -0.2) is 0 Å². The lowest BCUT2D eigenvalue weighted by molar-refractivity contribution is -0.126. The molecule has 6 nitrogen and oxygen atoms in total. The number of likely N-dealkylation sites (tertiary alicyclic amines) is 1. The molecule has 0 aromatic heterocycles. The molecule has 3 aromatic rings. The maximum Gasteiger partial charge on any atom is 0.254 e. The summed E-state index contributed by atoms with van der Waals surface area (Å²) in [7, 11) is 3.70. The third-order valence-electron chi connectivity index (χ3n) is 6.58. The molecule has 0 aliphatic carbocycles. The maximum atomic E-state index is 13.4. The molecule has 1 aliphatic rings. The molecule has 1 atom stereocenters. The fourth-order valence-electron chi connectivity index (χ4n) is 4.67. The number of nitrogens with zero attached hydrogens (tertiary/aromatic N) is 2. The van der Waals surface area contributed by atoms with Crippen LogP contribution >= 0.6 is 0 Å². The number of carbonyl (C=O) groups is 2. The van der Waals surface area contributed by atoms with Crippen molar-refractivity contribution in [2.24, 2.45) is 5.92 Å². The number of anilines is 1. The summed E-state index contributed by atoms with van der Waals surface area (Å²) in [5, 5.41) is 4.88. The van der Waals surface area contributed by atoms with E-state index in [4.69, 9.17) is 4.74 Å². The Morgan fingerprint density at radius 2 is 1.76 bits per heavy atom. The van der Waals surface area contributed by atoms with Gasteiger partial charge in [-0.2, -0.15) is 0 Å². The first kappa shape index (κ1) is 23.6. The number of nitrogens with one attached hydrogen (secondary N) is 1. The second kappa shape index (κ2) is 11.1. The van der Waals surface area contributed by atoms with Gasteiger partial charge in [0, 0.05) is 49.9 Å². The monoisotopic (exact) mass is 459 g/mol. The number of amides is 2. The standard InChI is InChI=1S/C28H33N3O3/c1-30(22-11-4-3-5-12-22)18-9-17-29-27(32)21-10-8-19-31(20-21)28(33)25-15-16-26(34-2)24-14-7-6-13-23(24)25/h3-7,11-16,21H,8-10,17-20H2,1-2H3,(H,29,32). The fraction of sp³-hybridized carbons (Fsp3) is 0.357. The molecule has 178 valence electrons. The average Bonchev–Trinajstić information content (AvgIpc) is 2.90. The van der Waals surface area contributed by atoms with E-state index in [0.717, 1.165) is 42.3 Å². The Morgan fingerprint density at radius 1 is 1.03 bits per heavy atom. The van der Waals surface area contributed by atoms with Crippen LogP contribution in [0.25, 0.3) is 10.8 Å². The van der Waals surface area contributed by atoms with Gasteiger partial charge in [0.25, 0.3) is 5.91 Å². The Bertz CT molecular complexity index is 1130. The SMILES string of the molecule is COc1ccc(C(=O)N2CCCC(C(=O)NCCCN(C)c3ccccc3)C2)c2ccccc12. The first-order chi connectivity index (χ1) is 16.6. The molecule has 3 aromatic carbocycles. The van der Waals surface area contributed by atoms with Crippen molar-refractivity contribution in [1.82, 2.24) is 10.2 Å². The number of carbonyl (C=O) groups excluding carboxylic acids is 2. The van der Waals surface area contributed by atoms with E-state index in [1.165, 1.54) is 5.69 Å². The summed E-state index contributed by atoms with van der Waals surface area (Å²) in [6.07, 6.45) is 2.50. The molecular weight excluding hydrogens is 426 g/mol. The van der Waals surface area contributed by atoms with Crippen molar-refractivity contribution in [1.29, 1.82) is 0 Å². The average molecular weight is 460 g/mol. The molecule has 1 fully saturated rings. The molecule has 1 heterocycles. The second-order valence-electron chi connectivity index (χ2n) is 8.85. The molecule has 0 bridgehead atoms. The van der Waals surface area contributed by atoms with Crippen molar-refractivity contribution in [2.75, 3.05) is 45.2 Å². The number of fused-ring (bicyclic) bond motifs is 1. The van der Waals surface area contributed by atoms with E-state index < -0.39 is 0 Å². The van der Waals surface area contributed by atoms with Crippen molar-refractivity contribution in [3.05, 3.63) is 72.3 Å². The molecule has 1 saturated heterocycles. The lowest BCUT2D eigenvalue weighted by atomic mass is 9.95. The highest BCUT2D eigenvalue weighted by Gasteiger charge is 2.29. The lowest BCUT2D eigenvalue weighted by Gasteiger charge is -2.32. The summed E-state index contributed by atoms with van der Waals surface area (Å²) < 4.78 is 5.46. The Labute approximate surface area is 201 Å². The molecule has 0 radical (unpaired) electrons. The summed E-state index contributed by atoms with van der Waals surface area (Å²) >= 11 is 0. The van der Waals surface area contributed by atoms with Gasteiger partial charge in [0.15, 0.2) is 0 Å². The van der Waals surface area contributed by atoms with Crippen LogP contribution < -0.4 is 15.0 Å². The maximum absolute atomic E-state index is 13.4. The summed E-state index contributed by atoms with van der Waals surface area (Å²) in [6.45, 7) is 2.62. The van der Waals surface area contributed by atoms with Gasteiger partial charge in [0.1, 0.15) is 5.75 Å². The van der Waals surface area contributed by atoms with Crippen molar-refractivity contribution in [3.8, 4) is 5.75 Å². The van der Waals surface area contributed by atoms with Crippen LogP contribution in [0.1, 0.15) is 29.6 Å². The van der Waals surface area contributed by atoms with Gasteiger partial charge in [-0.3, -0.25) is 9.59 Å². The number of rotatable bonds is 8. The predicted octanol–water partition coefficient (Wildman–Crippen LogP) is 4.34. The zero-order valence-electron chi connectivity index (χ0n) is 20.0. The Morgan fingerprint density at radius 3 is 2.53 bits per heavy atom. The zero-order valence-corrected chi connectivity index (χ0v) is 20.0. The first-order valence-corrected chi connectivity index (χ1v) is 12.0. The van der Waals surface area contributed by atoms with E-state index in [1.807, 2.05) is 59.5 Å². The first-order valence-electron chi connectivity index (χ1n) is 12.0. The van der Waals surface area contributed by atoms with Crippen molar-refractivity contribution < 1.29 is 14.3 Å². The summed E-state index contributed by atoms with van der Waals surface area (Å²) in [4.78, 5) is 30.2. The summed E-state index contributed by atoms with van der Waals surface area (Å²) in [6, 6.07) is 21.7. The molecular formula is C28H33N3O3. The minimum Gasteiger partial charge on any atom is -0.496 e. The molecule has 1 N–H and O–H groups in total. The van der Waals surface area contributed by atoms with Crippen LogP contribution in [0.15, 0.2) is 66.7 Å².